The lowest BCUT2D eigenvalue weighted by atomic mass is 10.0. The van der Waals surface area contributed by atoms with Gasteiger partial charge in [-0.15, -0.1) is 0 Å². The fraction of sp³-hybridized carbons (Fsp3) is 0.850. The summed E-state index contributed by atoms with van der Waals surface area (Å²) in [7, 11) is 0. The summed E-state index contributed by atoms with van der Waals surface area (Å²) in [5.74, 6) is -0.886. The van der Waals surface area contributed by atoms with E-state index in [-0.39, 0.29) is 31.1 Å². The molecule has 0 bridgehead atoms. The van der Waals surface area contributed by atoms with E-state index in [1.807, 2.05) is 0 Å². The number of hydrogen-bond acceptors (Lipinski definition) is 6. The first kappa shape index (κ1) is 63.6. The minimum atomic E-state index is -0.776. The fourth-order valence-electron chi connectivity index (χ4n) is 8.42. The summed E-state index contributed by atoms with van der Waals surface area (Å²) >= 11 is 0. The third-order valence-electron chi connectivity index (χ3n) is 12.8. The maximum absolute atomic E-state index is 12.8. The van der Waals surface area contributed by atoms with Gasteiger partial charge in [0.05, 0.1) is 0 Å². The van der Waals surface area contributed by atoms with Crippen molar-refractivity contribution in [2.24, 2.45) is 0 Å². The smallest absolute Gasteiger partial charge is 0.306 e. The summed E-state index contributed by atoms with van der Waals surface area (Å²) < 4.78 is 16.8. The molecule has 0 aromatic heterocycles. The molecule has 386 valence electrons. The van der Waals surface area contributed by atoms with Crippen molar-refractivity contribution in [2.45, 2.75) is 316 Å². The van der Waals surface area contributed by atoms with Gasteiger partial charge in [-0.05, 0) is 83.5 Å². The lowest BCUT2D eigenvalue weighted by Gasteiger charge is -2.18. The molecule has 0 spiro atoms. The van der Waals surface area contributed by atoms with Gasteiger partial charge in [0.25, 0.3) is 0 Å². The van der Waals surface area contributed by atoms with Gasteiger partial charge in [0.2, 0.25) is 0 Å². The Balaban J connectivity index is 4.09. The molecule has 0 N–H and O–H groups in total. The summed E-state index contributed by atoms with van der Waals surface area (Å²) in [6.45, 7) is 6.55. The first-order valence-electron chi connectivity index (χ1n) is 29.0. The number of unbranched alkanes of at least 4 members (excludes halogenated alkanes) is 36. The quantitative estimate of drug-likeness (QED) is 0.0262. The van der Waals surface area contributed by atoms with Crippen LogP contribution in [-0.2, 0) is 28.6 Å². The average molecular weight is 928 g/mol. The molecule has 0 fully saturated rings. The van der Waals surface area contributed by atoms with Crippen LogP contribution in [0, 0.1) is 0 Å². The molecule has 0 aromatic rings. The molecule has 66 heavy (non-hydrogen) atoms. The van der Waals surface area contributed by atoms with Crippen LogP contribution < -0.4 is 0 Å². The zero-order valence-electron chi connectivity index (χ0n) is 44.2. The third kappa shape index (κ3) is 52.6. The SMILES string of the molecule is CCC/C=C\CCCCCCCC(=O)OCC(COC(=O)CCCCCCCCCCCCCCCCC/C=C\CCCCCCCCCC)OC(=O)CCCCCCC/C=C\CCCC. The van der Waals surface area contributed by atoms with Crippen LogP contribution in [0.15, 0.2) is 36.5 Å². The van der Waals surface area contributed by atoms with E-state index < -0.39 is 6.10 Å². The Bertz CT molecular complexity index is 1110. The minimum Gasteiger partial charge on any atom is -0.462 e. The highest BCUT2D eigenvalue weighted by Crippen LogP contribution is 2.16. The number of hydrogen-bond donors (Lipinski definition) is 0. The minimum absolute atomic E-state index is 0.0757. The molecule has 0 aliphatic carbocycles. The van der Waals surface area contributed by atoms with Crippen molar-refractivity contribution in [3.05, 3.63) is 36.5 Å². The summed E-state index contributed by atoms with van der Waals surface area (Å²) in [5.41, 5.74) is 0. The highest BCUT2D eigenvalue weighted by molar-refractivity contribution is 5.71. The van der Waals surface area contributed by atoms with Crippen LogP contribution in [-0.4, -0.2) is 37.2 Å². The monoisotopic (exact) mass is 927 g/mol. The molecule has 0 aliphatic heterocycles. The molecular formula is C60H110O6. The number of carbonyl (C=O) groups is 3. The van der Waals surface area contributed by atoms with Gasteiger partial charge >= 0.3 is 17.9 Å². The maximum Gasteiger partial charge on any atom is 0.306 e. The average Bonchev–Trinajstić information content (AvgIpc) is 3.31. The Morgan fingerprint density at radius 1 is 0.288 bits per heavy atom. The van der Waals surface area contributed by atoms with Crippen molar-refractivity contribution in [3.63, 3.8) is 0 Å². The second-order valence-corrected chi connectivity index (χ2v) is 19.5. The summed E-state index contributed by atoms with van der Waals surface area (Å²) in [6, 6.07) is 0. The standard InChI is InChI=1S/C60H110O6/c1-4-7-10-13-16-19-22-23-24-25-26-27-28-29-30-31-32-33-34-35-36-37-39-41-44-47-50-53-59(62)65-56-57(55-64-58(61)52-49-46-43-40-21-18-15-12-9-6-3)66-60(63)54-51-48-45-42-38-20-17-14-11-8-5-2/h12,14-15,17,25-26,57H,4-11,13,16,18-24,27-56H2,1-3H3/b15-12-,17-14-,26-25-. The summed E-state index contributed by atoms with van der Waals surface area (Å²) in [6.07, 6.45) is 65.9. The molecule has 0 saturated carbocycles. The molecule has 0 heterocycles. The van der Waals surface area contributed by atoms with Crippen LogP contribution in [0.4, 0.5) is 0 Å². The van der Waals surface area contributed by atoms with Gasteiger partial charge in [-0.2, -0.15) is 0 Å². The van der Waals surface area contributed by atoms with Gasteiger partial charge in [-0.25, -0.2) is 0 Å². The van der Waals surface area contributed by atoms with Crippen molar-refractivity contribution >= 4 is 17.9 Å². The first-order chi connectivity index (χ1) is 32.5. The normalized spacial score (nSPS) is 12.2. The van der Waals surface area contributed by atoms with Crippen LogP contribution >= 0.6 is 0 Å². The Labute approximate surface area is 410 Å². The van der Waals surface area contributed by atoms with E-state index in [9.17, 15) is 14.4 Å². The molecule has 6 heteroatoms. The highest BCUT2D eigenvalue weighted by Gasteiger charge is 2.19. The van der Waals surface area contributed by atoms with Crippen molar-refractivity contribution in [3.8, 4) is 0 Å². The van der Waals surface area contributed by atoms with E-state index in [1.165, 1.54) is 186 Å². The first-order valence-corrected chi connectivity index (χ1v) is 29.0. The van der Waals surface area contributed by atoms with Crippen LogP contribution in [0.5, 0.6) is 0 Å². The molecule has 1 unspecified atom stereocenters. The van der Waals surface area contributed by atoms with Crippen LogP contribution in [0.3, 0.4) is 0 Å². The number of rotatable bonds is 53. The number of allylic oxidation sites excluding steroid dienone is 6. The van der Waals surface area contributed by atoms with E-state index in [2.05, 4.69) is 57.2 Å². The van der Waals surface area contributed by atoms with Crippen molar-refractivity contribution in [2.75, 3.05) is 13.2 Å². The van der Waals surface area contributed by atoms with E-state index in [4.69, 9.17) is 14.2 Å². The van der Waals surface area contributed by atoms with Crippen LogP contribution in [0.2, 0.25) is 0 Å². The van der Waals surface area contributed by atoms with Crippen molar-refractivity contribution in [1.29, 1.82) is 0 Å². The van der Waals surface area contributed by atoms with Gasteiger partial charge in [0.15, 0.2) is 6.10 Å². The van der Waals surface area contributed by atoms with Crippen molar-refractivity contribution in [1.82, 2.24) is 0 Å². The van der Waals surface area contributed by atoms with Crippen molar-refractivity contribution < 1.29 is 28.6 Å². The lowest BCUT2D eigenvalue weighted by molar-refractivity contribution is -0.167. The topological polar surface area (TPSA) is 78.9 Å². The second kappa shape index (κ2) is 55.2. The van der Waals surface area contributed by atoms with E-state index in [0.717, 1.165) is 83.5 Å². The Morgan fingerprint density at radius 2 is 0.545 bits per heavy atom. The highest BCUT2D eigenvalue weighted by atomic mass is 16.6. The molecule has 0 radical (unpaired) electrons. The Hall–Kier alpha value is -2.37. The maximum atomic E-state index is 12.8. The largest absolute Gasteiger partial charge is 0.462 e. The van der Waals surface area contributed by atoms with E-state index >= 15 is 0 Å². The van der Waals surface area contributed by atoms with Crippen LogP contribution in [0.25, 0.3) is 0 Å². The number of ether oxygens (including phenoxy) is 3. The van der Waals surface area contributed by atoms with Gasteiger partial charge in [0, 0.05) is 19.3 Å². The fourth-order valence-corrected chi connectivity index (χ4v) is 8.42. The lowest BCUT2D eigenvalue weighted by Crippen LogP contribution is -2.30. The number of carbonyl (C=O) groups excluding carboxylic acids is 3. The molecule has 1 atom stereocenters. The molecule has 0 saturated heterocycles. The Morgan fingerprint density at radius 3 is 0.864 bits per heavy atom. The van der Waals surface area contributed by atoms with Gasteiger partial charge < -0.3 is 14.2 Å². The summed E-state index contributed by atoms with van der Waals surface area (Å²) in [4.78, 5) is 37.9. The molecule has 0 rings (SSSR count). The predicted octanol–water partition coefficient (Wildman–Crippen LogP) is 19.3. The molecule has 0 aromatic carbocycles. The Kier molecular flexibility index (Phi) is 53.2. The van der Waals surface area contributed by atoms with Gasteiger partial charge in [-0.1, -0.05) is 243 Å². The molecule has 0 aliphatic rings. The third-order valence-corrected chi connectivity index (χ3v) is 12.8. The zero-order chi connectivity index (χ0) is 47.9. The van der Waals surface area contributed by atoms with Gasteiger partial charge in [0.1, 0.15) is 13.2 Å². The van der Waals surface area contributed by atoms with E-state index in [1.54, 1.807) is 0 Å². The zero-order valence-corrected chi connectivity index (χ0v) is 44.2. The summed E-state index contributed by atoms with van der Waals surface area (Å²) in [5, 5.41) is 0. The molecular weight excluding hydrogens is 817 g/mol. The number of esters is 3. The molecule has 0 amide bonds. The van der Waals surface area contributed by atoms with Gasteiger partial charge in [-0.3, -0.25) is 14.4 Å². The molecule has 6 nitrogen and oxygen atoms in total. The van der Waals surface area contributed by atoms with Crippen LogP contribution in [0.1, 0.15) is 310 Å². The van der Waals surface area contributed by atoms with E-state index in [0.29, 0.717) is 19.3 Å². The second-order valence-electron chi connectivity index (χ2n) is 19.5. The predicted molar refractivity (Wildman–Crippen MR) is 284 cm³/mol.